The first-order valence-electron chi connectivity index (χ1n) is 5.08. The quantitative estimate of drug-likeness (QED) is 0.618. The lowest BCUT2D eigenvalue weighted by molar-refractivity contribution is -0.143. The molecular formula is C8H13F6N3O2S. The molecule has 5 nitrogen and oxygen atoms in total. The maximum Gasteiger partial charge on any atom is 0.511 e. The zero-order valence-electron chi connectivity index (χ0n) is 10.5. The molecule has 0 aromatic heterocycles. The SMILES string of the molecule is CCN1C=CN(C)C1.O=S(=O)(NC(F)(F)F)C(F)(F)F. The van der Waals surface area contributed by atoms with Crippen LogP contribution in [0.1, 0.15) is 6.92 Å². The summed E-state index contributed by atoms with van der Waals surface area (Å²) >= 11 is 0. The lowest BCUT2D eigenvalue weighted by atomic mass is 10.6. The summed E-state index contributed by atoms with van der Waals surface area (Å²) in [6.07, 6.45) is -1.42. The number of hydrogen-bond acceptors (Lipinski definition) is 4. The number of sulfonamides is 1. The van der Waals surface area contributed by atoms with Crippen molar-refractivity contribution in [2.75, 3.05) is 20.3 Å². The van der Waals surface area contributed by atoms with Gasteiger partial charge < -0.3 is 9.80 Å². The van der Waals surface area contributed by atoms with Crippen molar-refractivity contribution >= 4 is 10.0 Å². The second kappa shape index (κ2) is 6.52. The van der Waals surface area contributed by atoms with Gasteiger partial charge in [0.1, 0.15) is 0 Å². The minimum atomic E-state index is -6.33. The Morgan fingerprint density at radius 1 is 1.15 bits per heavy atom. The van der Waals surface area contributed by atoms with E-state index in [1.807, 2.05) is 0 Å². The van der Waals surface area contributed by atoms with E-state index in [2.05, 4.69) is 36.2 Å². The summed E-state index contributed by atoms with van der Waals surface area (Å²) in [6.45, 7) is 4.32. The molecule has 1 rings (SSSR count). The monoisotopic (exact) mass is 329 g/mol. The van der Waals surface area contributed by atoms with Gasteiger partial charge in [-0.15, -0.1) is 4.72 Å². The highest BCUT2D eigenvalue weighted by Crippen LogP contribution is 2.25. The van der Waals surface area contributed by atoms with Gasteiger partial charge >= 0.3 is 21.8 Å². The van der Waals surface area contributed by atoms with E-state index in [1.54, 1.807) is 0 Å². The molecule has 1 N–H and O–H groups in total. The van der Waals surface area contributed by atoms with Gasteiger partial charge in [0.2, 0.25) is 0 Å². The lowest BCUT2D eigenvalue weighted by Crippen LogP contribution is -2.44. The minimum Gasteiger partial charge on any atom is -0.362 e. The highest BCUT2D eigenvalue weighted by Gasteiger charge is 2.51. The Bertz CT molecular complexity index is 430. The Kier molecular flexibility index (Phi) is 6.14. The minimum absolute atomic E-state index is 0.517. The summed E-state index contributed by atoms with van der Waals surface area (Å²) in [7, 11) is -4.25. The number of nitrogens with zero attached hydrogens (tertiary/aromatic N) is 2. The Hall–Kier alpha value is -1.17. The van der Waals surface area contributed by atoms with Gasteiger partial charge in [-0.2, -0.15) is 26.3 Å². The van der Waals surface area contributed by atoms with E-state index in [1.165, 1.54) is 0 Å². The predicted octanol–water partition coefficient (Wildman–Crippen LogP) is 1.63. The molecule has 0 unspecified atom stereocenters. The molecule has 1 heterocycles. The highest BCUT2D eigenvalue weighted by atomic mass is 32.2. The fraction of sp³-hybridized carbons (Fsp3) is 0.750. The zero-order valence-corrected chi connectivity index (χ0v) is 11.3. The molecule has 120 valence electrons. The second-order valence-corrected chi connectivity index (χ2v) is 5.32. The maximum absolute atomic E-state index is 11.2. The molecule has 0 aromatic carbocycles. The molecule has 0 atom stereocenters. The standard InChI is InChI=1S/C6H12N2.C2HF6NO2S/c1-3-8-5-4-7(2)6-8;3-1(4,5)9-12(10,11)2(6,7)8/h4-5H,3,6H2,1-2H3;9H. The highest BCUT2D eigenvalue weighted by molar-refractivity contribution is 7.90. The molecule has 0 saturated carbocycles. The van der Waals surface area contributed by atoms with E-state index >= 15 is 0 Å². The van der Waals surface area contributed by atoms with Crippen LogP contribution in [0, 0.1) is 0 Å². The summed E-state index contributed by atoms with van der Waals surface area (Å²) in [6, 6.07) is 0. The summed E-state index contributed by atoms with van der Waals surface area (Å²) in [5.74, 6) is 0. The van der Waals surface area contributed by atoms with Gasteiger partial charge in [-0.1, -0.05) is 0 Å². The van der Waals surface area contributed by atoms with Gasteiger partial charge in [-0.25, -0.2) is 8.42 Å². The van der Waals surface area contributed by atoms with Gasteiger partial charge in [-0.05, 0) is 6.92 Å². The first-order chi connectivity index (χ1) is 8.78. The molecule has 0 fully saturated rings. The van der Waals surface area contributed by atoms with Crippen LogP contribution in [0.25, 0.3) is 0 Å². The van der Waals surface area contributed by atoms with E-state index in [4.69, 9.17) is 0 Å². The smallest absolute Gasteiger partial charge is 0.362 e. The summed E-state index contributed by atoms with van der Waals surface area (Å²) in [5.41, 5.74) is -5.96. The number of nitrogens with one attached hydrogen (secondary N) is 1. The summed E-state index contributed by atoms with van der Waals surface area (Å²) in [4.78, 5) is 4.41. The van der Waals surface area contributed by atoms with Crippen molar-refractivity contribution in [3.63, 3.8) is 0 Å². The van der Waals surface area contributed by atoms with Crippen molar-refractivity contribution in [3.05, 3.63) is 12.4 Å². The average Bonchev–Trinajstić information content (AvgIpc) is 2.59. The van der Waals surface area contributed by atoms with Crippen LogP contribution in [-0.4, -0.2) is 50.3 Å². The molecular weight excluding hydrogens is 316 g/mol. The van der Waals surface area contributed by atoms with Gasteiger partial charge in [-0.3, -0.25) is 0 Å². The Balaban J connectivity index is 0.000000388. The van der Waals surface area contributed by atoms with Crippen molar-refractivity contribution in [2.24, 2.45) is 0 Å². The van der Waals surface area contributed by atoms with Gasteiger partial charge in [0, 0.05) is 26.0 Å². The maximum atomic E-state index is 11.2. The Morgan fingerprint density at radius 3 is 1.80 bits per heavy atom. The molecule has 1 aliphatic rings. The van der Waals surface area contributed by atoms with Crippen molar-refractivity contribution in [2.45, 2.75) is 18.7 Å². The third-order valence-corrected chi connectivity index (χ3v) is 3.01. The molecule has 0 bridgehead atoms. The molecule has 0 spiro atoms. The first kappa shape index (κ1) is 18.8. The predicted molar refractivity (Wildman–Crippen MR) is 58.3 cm³/mol. The summed E-state index contributed by atoms with van der Waals surface area (Å²) in [5, 5.41) is 0. The van der Waals surface area contributed by atoms with Gasteiger partial charge in [0.05, 0.1) is 6.67 Å². The van der Waals surface area contributed by atoms with Crippen molar-refractivity contribution in [1.29, 1.82) is 0 Å². The van der Waals surface area contributed by atoms with Crippen LogP contribution in [-0.2, 0) is 10.0 Å². The lowest BCUT2D eigenvalue weighted by Gasteiger charge is -2.14. The average molecular weight is 329 g/mol. The van der Waals surface area contributed by atoms with E-state index < -0.39 is 26.6 Å². The van der Waals surface area contributed by atoms with E-state index in [-0.39, 0.29) is 0 Å². The number of hydrogen-bond donors (Lipinski definition) is 1. The molecule has 0 saturated heterocycles. The van der Waals surface area contributed by atoms with E-state index in [0.29, 0.717) is 0 Å². The third-order valence-electron chi connectivity index (χ3n) is 1.90. The van der Waals surface area contributed by atoms with Gasteiger partial charge in [0.25, 0.3) is 0 Å². The molecule has 20 heavy (non-hydrogen) atoms. The molecule has 0 amide bonds. The van der Waals surface area contributed by atoms with Crippen LogP contribution in [0.3, 0.4) is 0 Å². The molecule has 0 aromatic rings. The molecule has 1 aliphatic heterocycles. The Labute approximate surface area is 111 Å². The number of halogens is 6. The second-order valence-electron chi connectivity index (χ2n) is 3.65. The van der Waals surface area contributed by atoms with E-state index in [9.17, 15) is 34.8 Å². The van der Waals surface area contributed by atoms with Crippen LogP contribution in [0.4, 0.5) is 26.3 Å². The number of rotatable bonds is 2. The normalized spacial score (nSPS) is 16.2. The fourth-order valence-corrected chi connectivity index (χ4v) is 1.42. The topological polar surface area (TPSA) is 52.7 Å². The zero-order chi connectivity index (χ0) is 16.2. The largest absolute Gasteiger partial charge is 0.511 e. The fourth-order valence-electron chi connectivity index (χ4n) is 1.00. The summed E-state index contributed by atoms with van der Waals surface area (Å²) < 4.78 is 85.8. The van der Waals surface area contributed by atoms with Gasteiger partial charge in [0.15, 0.2) is 0 Å². The Morgan fingerprint density at radius 2 is 1.65 bits per heavy atom. The molecule has 12 heteroatoms. The van der Waals surface area contributed by atoms with Crippen molar-refractivity contribution < 1.29 is 34.8 Å². The molecule has 0 radical (unpaired) electrons. The molecule has 0 aliphatic carbocycles. The van der Waals surface area contributed by atoms with Crippen molar-refractivity contribution in [3.8, 4) is 0 Å². The van der Waals surface area contributed by atoms with E-state index in [0.717, 1.165) is 13.2 Å². The van der Waals surface area contributed by atoms with Crippen LogP contribution in [0.5, 0.6) is 0 Å². The van der Waals surface area contributed by atoms with Crippen LogP contribution in [0.15, 0.2) is 12.4 Å². The first-order valence-corrected chi connectivity index (χ1v) is 6.56. The van der Waals surface area contributed by atoms with Crippen molar-refractivity contribution in [1.82, 2.24) is 14.5 Å². The van der Waals surface area contributed by atoms with Crippen LogP contribution < -0.4 is 4.72 Å². The number of alkyl halides is 6. The van der Waals surface area contributed by atoms with Crippen LogP contribution in [0.2, 0.25) is 0 Å². The third kappa shape index (κ3) is 6.84. The van der Waals surface area contributed by atoms with Crippen LogP contribution >= 0.6 is 0 Å².